The van der Waals surface area contributed by atoms with Gasteiger partial charge in [-0.05, 0) is 32.0 Å². The number of amides is 1. The molecule has 2 N–H and O–H groups in total. The van der Waals surface area contributed by atoms with E-state index in [4.69, 9.17) is 9.84 Å². The molecule has 1 aromatic rings. The Bertz CT molecular complexity index is 541. The van der Waals surface area contributed by atoms with Crippen LogP contribution in [0, 0.1) is 0 Å². The number of benzene rings is 1. The van der Waals surface area contributed by atoms with Crippen molar-refractivity contribution in [3.8, 4) is 5.75 Å². The van der Waals surface area contributed by atoms with Crippen LogP contribution < -0.4 is 10.1 Å². The number of carbonyl (C=O) groups is 3. The molecular formula is C13H15NO7. The van der Waals surface area contributed by atoms with Gasteiger partial charge in [-0.15, -0.1) is 0 Å². The van der Waals surface area contributed by atoms with Crippen LogP contribution >= 0.6 is 0 Å². The monoisotopic (exact) mass is 297 g/mol. The molecule has 0 bridgehead atoms. The van der Waals surface area contributed by atoms with Gasteiger partial charge in [0.25, 0.3) is 0 Å². The number of hydrogen-bond donors (Lipinski definition) is 2. The third-order valence-electron chi connectivity index (χ3n) is 2.20. The van der Waals surface area contributed by atoms with Crippen LogP contribution in [-0.4, -0.2) is 36.5 Å². The highest BCUT2D eigenvalue weighted by Gasteiger charge is 2.16. The number of ether oxygens (including phenoxy) is 3. The lowest BCUT2D eigenvalue weighted by Crippen LogP contribution is -2.16. The topological polar surface area (TPSA) is 111 Å². The number of carboxylic acid groups (broad SMARTS) is 1. The van der Waals surface area contributed by atoms with Crippen molar-refractivity contribution >= 4 is 23.9 Å². The van der Waals surface area contributed by atoms with E-state index in [-0.39, 0.29) is 30.2 Å². The van der Waals surface area contributed by atoms with Crippen LogP contribution in [0.25, 0.3) is 0 Å². The van der Waals surface area contributed by atoms with Crippen LogP contribution in [-0.2, 0) is 9.47 Å². The van der Waals surface area contributed by atoms with Crippen LogP contribution in [0.3, 0.4) is 0 Å². The fraction of sp³-hybridized carbons (Fsp3) is 0.308. The molecule has 114 valence electrons. The normalized spacial score (nSPS) is 9.62. The van der Waals surface area contributed by atoms with Gasteiger partial charge in [-0.3, -0.25) is 5.32 Å². The van der Waals surface area contributed by atoms with E-state index in [0.29, 0.717) is 0 Å². The average Bonchev–Trinajstić information content (AvgIpc) is 2.40. The van der Waals surface area contributed by atoms with Crippen LogP contribution in [0.5, 0.6) is 5.75 Å². The van der Waals surface area contributed by atoms with E-state index in [2.05, 4.69) is 14.8 Å². The number of carboxylic acids is 1. The SMILES string of the molecule is CCOC(=O)Nc1ccc(OC(=O)OCC)cc1C(=O)O. The smallest absolute Gasteiger partial charge is 0.478 e. The molecular weight excluding hydrogens is 282 g/mol. The zero-order valence-corrected chi connectivity index (χ0v) is 11.5. The Balaban J connectivity index is 2.94. The lowest BCUT2D eigenvalue weighted by Gasteiger charge is -2.10. The Hall–Kier alpha value is -2.77. The molecule has 0 spiro atoms. The van der Waals surface area contributed by atoms with Crippen LogP contribution in [0.4, 0.5) is 15.3 Å². The molecule has 21 heavy (non-hydrogen) atoms. The van der Waals surface area contributed by atoms with Crippen molar-refractivity contribution < 1.29 is 33.7 Å². The fourth-order valence-electron chi connectivity index (χ4n) is 1.39. The minimum absolute atomic E-state index is 0.0136. The van der Waals surface area contributed by atoms with Gasteiger partial charge in [0.05, 0.1) is 24.5 Å². The van der Waals surface area contributed by atoms with Gasteiger partial charge in [-0.25, -0.2) is 14.4 Å². The highest BCUT2D eigenvalue weighted by molar-refractivity contribution is 5.99. The minimum atomic E-state index is -1.30. The molecule has 0 saturated heterocycles. The van der Waals surface area contributed by atoms with Crippen LogP contribution in [0.2, 0.25) is 0 Å². The molecule has 0 fully saturated rings. The first kappa shape index (κ1) is 16.3. The van der Waals surface area contributed by atoms with Gasteiger partial charge in [-0.1, -0.05) is 0 Å². The standard InChI is InChI=1S/C13H15NO7/c1-3-19-12(17)14-10-6-5-8(7-9(10)11(15)16)21-13(18)20-4-2/h5-7H,3-4H2,1-2H3,(H,14,17)(H,15,16). The summed E-state index contributed by atoms with van der Waals surface area (Å²) < 4.78 is 14.0. The summed E-state index contributed by atoms with van der Waals surface area (Å²) in [6.45, 7) is 3.51. The molecule has 0 radical (unpaired) electrons. The first-order valence-corrected chi connectivity index (χ1v) is 6.13. The summed E-state index contributed by atoms with van der Waals surface area (Å²) in [5.41, 5.74) is -0.220. The van der Waals surface area contributed by atoms with Crippen LogP contribution in [0.15, 0.2) is 18.2 Å². The van der Waals surface area contributed by atoms with E-state index >= 15 is 0 Å². The molecule has 0 unspecified atom stereocenters. The van der Waals surface area contributed by atoms with E-state index in [9.17, 15) is 14.4 Å². The first-order valence-electron chi connectivity index (χ1n) is 6.13. The molecule has 0 aliphatic carbocycles. The van der Waals surface area contributed by atoms with E-state index in [1.54, 1.807) is 13.8 Å². The number of nitrogens with one attached hydrogen (secondary N) is 1. The Morgan fingerprint density at radius 2 is 1.81 bits per heavy atom. The number of carbonyl (C=O) groups excluding carboxylic acids is 2. The summed E-state index contributed by atoms with van der Waals surface area (Å²) >= 11 is 0. The van der Waals surface area contributed by atoms with Gasteiger partial charge >= 0.3 is 18.2 Å². The summed E-state index contributed by atoms with van der Waals surface area (Å²) in [6, 6.07) is 3.71. The van der Waals surface area contributed by atoms with Crippen molar-refractivity contribution in [2.75, 3.05) is 18.5 Å². The molecule has 0 atom stereocenters. The van der Waals surface area contributed by atoms with Crippen molar-refractivity contribution in [1.29, 1.82) is 0 Å². The lowest BCUT2D eigenvalue weighted by atomic mass is 10.1. The van der Waals surface area contributed by atoms with E-state index in [1.807, 2.05) is 0 Å². The minimum Gasteiger partial charge on any atom is -0.478 e. The van der Waals surface area contributed by atoms with Gasteiger partial charge < -0.3 is 19.3 Å². The molecule has 8 heteroatoms. The van der Waals surface area contributed by atoms with Crippen molar-refractivity contribution in [1.82, 2.24) is 0 Å². The largest absolute Gasteiger partial charge is 0.513 e. The van der Waals surface area contributed by atoms with Crippen molar-refractivity contribution in [2.24, 2.45) is 0 Å². The lowest BCUT2D eigenvalue weighted by molar-refractivity contribution is 0.0696. The predicted octanol–water partition coefficient (Wildman–Crippen LogP) is 2.49. The van der Waals surface area contributed by atoms with Gasteiger partial charge in [0.2, 0.25) is 0 Å². The molecule has 0 heterocycles. The first-order chi connectivity index (χ1) is 9.97. The Kier molecular flexibility index (Phi) is 5.99. The summed E-state index contributed by atoms with van der Waals surface area (Å²) in [5.74, 6) is -1.31. The fourth-order valence-corrected chi connectivity index (χ4v) is 1.39. The number of hydrogen-bond acceptors (Lipinski definition) is 6. The zero-order chi connectivity index (χ0) is 15.8. The summed E-state index contributed by atoms with van der Waals surface area (Å²) in [7, 11) is 0. The predicted molar refractivity (Wildman–Crippen MR) is 71.7 cm³/mol. The molecule has 1 aromatic carbocycles. The van der Waals surface area contributed by atoms with Gasteiger partial charge in [0.15, 0.2) is 0 Å². The number of aromatic carboxylic acids is 1. The molecule has 0 aliphatic rings. The zero-order valence-electron chi connectivity index (χ0n) is 11.5. The second kappa shape index (κ2) is 7.73. The Morgan fingerprint density at radius 1 is 1.14 bits per heavy atom. The van der Waals surface area contributed by atoms with Gasteiger partial charge in [0, 0.05) is 0 Å². The highest BCUT2D eigenvalue weighted by Crippen LogP contribution is 2.23. The second-order valence-electron chi connectivity index (χ2n) is 3.64. The van der Waals surface area contributed by atoms with E-state index < -0.39 is 18.2 Å². The maximum Gasteiger partial charge on any atom is 0.513 e. The van der Waals surface area contributed by atoms with Crippen molar-refractivity contribution in [3.05, 3.63) is 23.8 Å². The number of rotatable bonds is 5. The second-order valence-corrected chi connectivity index (χ2v) is 3.64. The van der Waals surface area contributed by atoms with Crippen LogP contribution in [0.1, 0.15) is 24.2 Å². The molecule has 8 nitrogen and oxygen atoms in total. The highest BCUT2D eigenvalue weighted by atomic mass is 16.7. The third-order valence-corrected chi connectivity index (χ3v) is 2.20. The van der Waals surface area contributed by atoms with Gasteiger partial charge in [-0.2, -0.15) is 0 Å². The quantitative estimate of drug-likeness (QED) is 0.634. The van der Waals surface area contributed by atoms with Crippen molar-refractivity contribution in [2.45, 2.75) is 13.8 Å². The molecule has 1 amide bonds. The summed E-state index contributed by atoms with van der Waals surface area (Å²) in [6.07, 6.45) is -1.72. The molecule has 0 aromatic heterocycles. The maximum absolute atomic E-state index is 11.3. The van der Waals surface area contributed by atoms with Gasteiger partial charge in [0.1, 0.15) is 5.75 Å². The third kappa shape index (κ3) is 5.01. The Labute approximate surface area is 120 Å². The molecule has 0 aliphatic heterocycles. The summed E-state index contributed by atoms with van der Waals surface area (Å²) in [4.78, 5) is 33.6. The Morgan fingerprint density at radius 3 is 2.38 bits per heavy atom. The average molecular weight is 297 g/mol. The van der Waals surface area contributed by atoms with E-state index in [1.165, 1.54) is 12.1 Å². The summed E-state index contributed by atoms with van der Waals surface area (Å²) in [5, 5.41) is 11.4. The molecule has 0 saturated carbocycles. The van der Waals surface area contributed by atoms with Crippen molar-refractivity contribution in [3.63, 3.8) is 0 Å². The maximum atomic E-state index is 11.3. The molecule has 1 rings (SSSR count). The number of anilines is 1. The van der Waals surface area contributed by atoms with E-state index in [0.717, 1.165) is 6.07 Å².